The van der Waals surface area contributed by atoms with Crippen molar-refractivity contribution < 1.29 is 4.79 Å². The Morgan fingerprint density at radius 1 is 1.41 bits per heavy atom. The Kier molecular flexibility index (Phi) is 4.97. The number of hydrogen-bond donors (Lipinski definition) is 2. The van der Waals surface area contributed by atoms with Gasteiger partial charge in [-0.05, 0) is 44.3 Å². The van der Waals surface area contributed by atoms with Crippen molar-refractivity contribution in [2.75, 3.05) is 32.4 Å². The number of benzene rings is 1. The van der Waals surface area contributed by atoms with E-state index in [2.05, 4.69) is 17.1 Å². The summed E-state index contributed by atoms with van der Waals surface area (Å²) in [5.74, 6) is -0.0649. The predicted octanol–water partition coefficient (Wildman–Crippen LogP) is 1.26. The number of carbonyl (C=O) groups is 1. The molecule has 0 bridgehead atoms. The van der Waals surface area contributed by atoms with Crippen molar-refractivity contribution in [3.8, 4) is 0 Å². The topological polar surface area (TPSA) is 58.4 Å². The number of anilines is 1. The number of carbonyl (C=O) groups excluding carboxylic acids is 1. The molecule has 1 aromatic rings. The van der Waals surface area contributed by atoms with Crippen LogP contribution in [0.1, 0.15) is 22.8 Å². The lowest BCUT2D eigenvalue weighted by atomic mass is 10.1. The molecule has 0 aliphatic carbocycles. The molecule has 0 fully saturated rings. The zero-order valence-electron chi connectivity index (χ0n) is 10.8. The Morgan fingerprint density at radius 2 is 2.12 bits per heavy atom. The minimum Gasteiger partial charge on any atom is -0.399 e. The van der Waals surface area contributed by atoms with Crippen LogP contribution >= 0.6 is 0 Å². The van der Waals surface area contributed by atoms with Crippen molar-refractivity contribution in [1.82, 2.24) is 10.2 Å². The van der Waals surface area contributed by atoms with Crippen LogP contribution in [0.3, 0.4) is 0 Å². The van der Waals surface area contributed by atoms with Gasteiger partial charge >= 0.3 is 0 Å². The van der Waals surface area contributed by atoms with Gasteiger partial charge < -0.3 is 16.0 Å². The van der Waals surface area contributed by atoms with Gasteiger partial charge in [-0.1, -0.05) is 6.92 Å². The highest BCUT2D eigenvalue weighted by molar-refractivity contribution is 5.95. The van der Waals surface area contributed by atoms with Crippen LogP contribution in [0.2, 0.25) is 0 Å². The zero-order chi connectivity index (χ0) is 12.8. The third-order valence-electron chi connectivity index (χ3n) is 2.68. The number of hydrogen-bond acceptors (Lipinski definition) is 3. The van der Waals surface area contributed by atoms with Crippen LogP contribution in [0.5, 0.6) is 0 Å². The summed E-state index contributed by atoms with van der Waals surface area (Å²) in [4.78, 5) is 14.0. The molecule has 3 N–H and O–H groups in total. The van der Waals surface area contributed by atoms with Crippen LogP contribution in [0.25, 0.3) is 0 Å². The standard InChI is InChI=1S/C13H21N3O/c1-4-16(3)6-5-15-13(17)11-7-10(2)8-12(14)9-11/h7-9H,4-6,14H2,1-3H3,(H,15,17). The van der Waals surface area contributed by atoms with Gasteiger partial charge in [0.1, 0.15) is 0 Å². The number of nitrogens with zero attached hydrogens (tertiary/aromatic N) is 1. The van der Waals surface area contributed by atoms with E-state index in [1.165, 1.54) is 0 Å². The van der Waals surface area contributed by atoms with Gasteiger partial charge in [0.15, 0.2) is 0 Å². The molecule has 17 heavy (non-hydrogen) atoms. The van der Waals surface area contributed by atoms with E-state index < -0.39 is 0 Å². The summed E-state index contributed by atoms with van der Waals surface area (Å²) < 4.78 is 0. The van der Waals surface area contributed by atoms with E-state index in [9.17, 15) is 4.79 Å². The lowest BCUT2D eigenvalue weighted by molar-refractivity contribution is 0.0950. The maximum absolute atomic E-state index is 11.8. The normalized spacial score (nSPS) is 10.6. The molecule has 0 aliphatic rings. The SMILES string of the molecule is CCN(C)CCNC(=O)c1cc(C)cc(N)c1. The van der Waals surface area contributed by atoms with E-state index in [0.717, 1.165) is 18.7 Å². The van der Waals surface area contributed by atoms with Crippen molar-refractivity contribution in [3.63, 3.8) is 0 Å². The summed E-state index contributed by atoms with van der Waals surface area (Å²) in [5, 5.41) is 2.88. The van der Waals surface area contributed by atoms with Gasteiger partial charge in [-0.2, -0.15) is 0 Å². The van der Waals surface area contributed by atoms with Crippen molar-refractivity contribution in [3.05, 3.63) is 29.3 Å². The molecular formula is C13H21N3O. The van der Waals surface area contributed by atoms with Crippen molar-refractivity contribution in [2.24, 2.45) is 0 Å². The number of rotatable bonds is 5. The van der Waals surface area contributed by atoms with Gasteiger partial charge in [0.05, 0.1) is 0 Å². The second-order valence-corrected chi connectivity index (χ2v) is 4.28. The summed E-state index contributed by atoms with van der Waals surface area (Å²) in [6, 6.07) is 5.39. The monoisotopic (exact) mass is 235 g/mol. The first-order chi connectivity index (χ1) is 8.02. The first kappa shape index (κ1) is 13.5. The summed E-state index contributed by atoms with van der Waals surface area (Å²) in [5.41, 5.74) is 7.96. The molecule has 0 aliphatic heterocycles. The number of nitrogens with two attached hydrogens (primary N) is 1. The number of nitrogen functional groups attached to an aromatic ring is 1. The molecule has 94 valence electrons. The van der Waals surface area contributed by atoms with Crippen LogP contribution in [-0.2, 0) is 0 Å². The molecule has 0 unspecified atom stereocenters. The van der Waals surface area contributed by atoms with Crippen molar-refractivity contribution in [2.45, 2.75) is 13.8 Å². The number of likely N-dealkylation sites (N-methyl/N-ethyl adjacent to an activating group) is 1. The molecule has 1 amide bonds. The molecule has 0 aromatic heterocycles. The molecule has 0 radical (unpaired) electrons. The number of aryl methyl sites for hydroxylation is 1. The van der Waals surface area contributed by atoms with Crippen molar-refractivity contribution in [1.29, 1.82) is 0 Å². The van der Waals surface area contributed by atoms with Crippen LogP contribution < -0.4 is 11.1 Å². The first-order valence-corrected chi connectivity index (χ1v) is 5.87. The molecule has 4 heteroatoms. The zero-order valence-corrected chi connectivity index (χ0v) is 10.8. The fraction of sp³-hybridized carbons (Fsp3) is 0.462. The van der Waals surface area contributed by atoms with E-state index in [1.807, 2.05) is 26.1 Å². The van der Waals surface area contributed by atoms with Gasteiger partial charge in [0.25, 0.3) is 5.91 Å². The van der Waals surface area contributed by atoms with Crippen LogP contribution in [0.15, 0.2) is 18.2 Å². The molecule has 1 aromatic carbocycles. The van der Waals surface area contributed by atoms with Gasteiger partial charge in [-0.3, -0.25) is 4.79 Å². The van der Waals surface area contributed by atoms with E-state index in [1.54, 1.807) is 6.07 Å². The van der Waals surface area contributed by atoms with E-state index in [0.29, 0.717) is 17.8 Å². The Morgan fingerprint density at radius 3 is 2.71 bits per heavy atom. The molecule has 0 saturated carbocycles. The Bertz CT molecular complexity index is 370. The maximum Gasteiger partial charge on any atom is 0.251 e. The lowest BCUT2D eigenvalue weighted by Crippen LogP contribution is -2.32. The van der Waals surface area contributed by atoms with Gasteiger partial charge in [0, 0.05) is 24.3 Å². The highest BCUT2D eigenvalue weighted by Gasteiger charge is 2.06. The Hall–Kier alpha value is -1.55. The summed E-state index contributed by atoms with van der Waals surface area (Å²) in [6.45, 7) is 6.49. The van der Waals surface area contributed by atoms with E-state index >= 15 is 0 Å². The fourth-order valence-electron chi connectivity index (χ4n) is 1.56. The Balaban J connectivity index is 2.52. The lowest BCUT2D eigenvalue weighted by Gasteiger charge is -2.14. The van der Waals surface area contributed by atoms with Crippen LogP contribution in [0, 0.1) is 6.92 Å². The highest BCUT2D eigenvalue weighted by atomic mass is 16.1. The number of nitrogens with one attached hydrogen (secondary N) is 1. The van der Waals surface area contributed by atoms with Crippen LogP contribution in [-0.4, -0.2) is 37.5 Å². The summed E-state index contributed by atoms with van der Waals surface area (Å²) in [6.07, 6.45) is 0. The van der Waals surface area contributed by atoms with Gasteiger partial charge in [-0.15, -0.1) is 0 Å². The quantitative estimate of drug-likeness (QED) is 0.755. The second-order valence-electron chi connectivity index (χ2n) is 4.28. The maximum atomic E-state index is 11.8. The van der Waals surface area contributed by atoms with Crippen molar-refractivity contribution >= 4 is 11.6 Å². The molecular weight excluding hydrogens is 214 g/mol. The minimum atomic E-state index is -0.0649. The Labute approximate surface area is 103 Å². The fourth-order valence-corrected chi connectivity index (χ4v) is 1.56. The van der Waals surface area contributed by atoms with E-state index in [-0.39, 0.29) is 5.91 Å². The average molecular weight is 235 g/mol. The summed E-state index contributed by atoms with van der Waals surface area (Å²) >= 11 is 0. The van der Waals surface area contributed by atoms with Gasteiger partial charge in [0.2, 0.25) is 0 Å². The van der Waals surface area contributed by atoms with E-state index in [4.69, 9.17) is 5.73 Å². The molecule has 0 saturated heterocycles. The molecule has 0 spiro atoms. The van der Waals surface area contributed by atoms with Crippen LogP contribution in [0.4, 0.5) is 5.69 Å². The number of amides is 1. The first-order valence-electron chi connectivity index (χ1n) is 5.87. The predicted molar refractivity (Wildman–Crippen MR) is 71.1 cm³/mol. The molecule has 1 rings (SSSR count). The average Bonchev–Trinajstić information content (AvgIpc) is 2.27. The minimum absolute atomic E-state index is 0.0649. The smallest absolute Gasteiger partial charge is 0.251 e. The third kappa shape index (κ3) is 4.44. The molecule has 4 nitrogen and oxygen atoms in total. The molecule has 0 atom stereocenters. The molecule has 0 heterocycles. The second kappa shape index (κ2) is 6.25. The highest BCUT2D eigenvalue weighted by Crippen LogP contribution is 2.10. The summed E-state index contributed by atoms with van der Waals surface area (Å²) in [7, 11) is 2.02. The largest absolute Gasteiger partial charge is 0.399 e. The third-order valence-corrected chi connectivity index (χ3v) is 2.68. The van der Waals surface area contributed by atoms with Gasteiger partial charge in [-0.25, -0.2) is 0 Å².